The molecule has 0 spiro atoms. The summed E-state index contributed by atoms with van der Waals surface area (Å²) in [5, 5.41) is 0. The maximum absolute atomic E-state index is 12.5. The van der Waals surface area contributed by atoms with Crippen LogP contribution in [0.5, 0.6) is 5.75 Å². The molecule has 0 aliphatic carbocycles. The first kappa shape index (κ1) is 12.9. The van der Waals surface area contributed by atoms with E-state index in [2.05, 4.69) is 6.92 Å². The molecule has 0 N–H and O–H groups in total. The van der Waals surface area contributed by atoms with E-state index in [-0.39, 0.29) is 5.91 Å². The van der Waals surface area contributed by atoms with Crippen LogP contribution in [0.4, 0.5) is 0 Å². The van der Waals surface area contributed by atoms with Crippen LogP contribution < -0.4 is 4.74 Å². The van der Waals surface area contributed by atoms with Crippen molar-refractivity contribution in [2.45, 2.75) is 38.6 Å². The molecule has 1 amide bonds. The van der Waals surface area contributed by atoms with E-state index in [9.17, 15) is 4.79 Å². The highest BCUT2D eigenvalue weighted by Crippen LogP contribution is 2.22. The zero-order valence-electron chi connectivity index (χ0n) is 11.2. The van der Waals surface area contributed by atoms with E-state index in [4.69, 9.17) is 4.74 Å². The number of methoxy groups -OCH3 is 1. The first-order valence-corrected chi connectivity index (χ1v) is 6.71. The highest BCUT2D eigenvalue weighted by atomic mass is 16.5. The third kappa shape index (κ3) is 2.66. The first-order valence-electron chi connectivity index (χ1n) is 6.71. The molecule has 0 saturated carbocycles. The predicted molar refractivity (Wildman–Crippen MR) is 72.0 cm³/mol. The Balaban J connectivity index is 2.13. The van der Waals surface area contributed by atoms with Gasteiger partial charge in [-0.25, -0.2) is 0 Å². The van der Waals surface area contributed by atoms with Gasteiger partial charge in [0.1, 0.15) is 5.75 Å². The van der Waals surface area contributed by atoms with Gasteiger partial charge in [0.25, 0.3) is 5.91 Å². The molecule has 0 bridgehead atoms. The van der Waals surface area contributed by atoms with Gasteiger partial charge in [0, 0.05) is 18.2 Å². The van der Waals surface area contributed by atoms with E-state index in [1.54, 1.807) is 7.11 Å². The van der Waals surface area contributed by atoms with Gasteiger partial charge < -0.3 is 9.64 Å². The smallest absolute Gasteiger partial charge is 0.254 e. The molecule has 2 rings (SSSR count). The molecule has 1 aromatic carbocycles. The average Bonchev–Trinajstić information content (AvgIpc) is 2.46. The van der Waals surface area contributed by atoms with Crippen molar-refractivity contribution in [3.8, 4) is 5.75 Å². The van der Waals surface area contributed by atoms with Crippen molar-refractivity contribution in [2.75, 3.05) is 13.7 Å². The van der Waals surface area contributed by atoms with Crippen LogP contribution in [0.25, 0.3) is 0 Å². The normalized spacial score (nSPS) is 19.7. The van der Waals surface area contributed by atoms with Crippen molar-refractivity contribution in [3.63, 3.8) is 0 Å². The zero-order chi connectivity index (χ0) is 13.0. The summed E-state index contributed by atoms with van der Waals surface area (Å²) in [4.78, 5) is 14.5. The second-order valence-electron chi connectivity index (χ2n) is 4.78. The van der Waals surface area contributed by atoms with Crippen LogP contribution in [-0.4, -0.2) is 30.5 Å². The molecule has 1 heterocycles. The lowest BCUT2D eigenvalue weighted by atomic mass is 9.99. The number of piperidine rings is 1. The second kappa shape index (κ2) is 5.89. The molecule has 1 aliphatic rings. The van der Waals surface area contributed by atoms with Gasteiger partial charge in [-0.05, 0) is 49.9 Å². The average molecular weight is 247 g/mol. The number of hydrogen-bond acceptors (Lipinski definition) is 2. The van der Waals surface area contributed by atoms with E-state index >= 15 is 0 Å². The number of carbonyl (C=O) groups excluding carboxylic acids is 1. The molecule has 0 aromatic heterocycles. The minimum atomic E-state index is 0.157. The van der Waals surface area contributed by atoms with Crippen LogP contribution in [0.1, 0.15) is 43.0 Å². The number of carbonyl (C=O) groups is 1. The molecule has 1 aromatic rings. The lowest BCUT2D eigenvalue weighted by Crippen LogP contribution is -2.43. The molecule has 0 radical (unpaired) electrons. The fourth-order valence-corrected chi connectivity index (χ4v) is 2.59. The molecule has 3 nitrogen and oxygen atoms in total. The molecule has 18 heavy (non-hydrogen) atoms. The van der Waals surface area contributed by atoms with Gasteiger partial charge in [-0.2, -0.15) is 0 Å². The number of hydrogen-bond donors (Lipinski definition) is 0. The van der Waals surface area contributed by atoms with Gasteiger partial charge >= 0.3 is 0 Å². The monoisotopic (exact) mass is 247 g/mol. The summed E-state index contributed by atoms with van der Waals surface area (Å²) < 4.78 is 5.11. The van der Waals surface area contributed by atoms with Crippen molar-refractivity contribution < 1.29 is 9.53 Å². The van der Waals surface area contributed by atoms with Crippen LogP contribution in [0.15, 0.2) is 24.3 Å². The summed E-state index contributed by atoms with van der Waals surface area (Å²) in [6.07, 6.45) is 4.55. The van der Waals surface area contributed by atoms with Crippen LogP contribution >= 0.6 is 0 Å². The van der Waals surface area contributed by atoms with Gasteiger partial charge in [-0.3, -0.25) is 4.79 Å². The number of benzene rings is 1. The molecule has 1 atom stereocenters. The fourth-order valence-electron chi connectivity index (χ4n) is 2.59. The van der Waals surface area contributed by atoms with Crippen LogP contribution in [0, 0.1) is 0 Å². The Hall–Kier alpha value is -1.51. The van der Waals surface area contributed by atoms with E-state index in [0.717, 1.165) is 37.1 Å². The highest BCUT2D eigenvalue weighted by molar-refractivity contribution is 5.94. The van der Waals surface area contributed by atoms with Crippen molar-refractivity contribution in [3.05, 3.63) is 29.8 Å². The topological polar surface area (TPSA) is 29.5 Å². The molecule has 3 heteroatoms. The molecular weight excluding hydrogens is 226 g/mol. The largest absolute Gasteiger partial charge is 0.497 e. The Morgan fingerprint density at radius 2 is 2.06 bits per heavy atom. The highest BCUT2D eigenvalue weighted by Gasteiger charge is 2.25. The SMILES string of the molecule is CCC1CCCCN1C(=O)c1ccc(OC)cc1. The third-order valence-corrected chi connectivity index (χ3v) is 3.70. The number of nitrogens with zero attached hydrogens (tertiary/aromatic N) is 1. The summed E-state index contributed by atoms with van der Waals surface area (Å²) >= 11 is 0. The maximum Gasteiger partial charge on any atom is 0.254 e. The van der Waals surface area contributed by atoms with Crippen LogP contribution in [-0.2, 0) is 0 Å². The second-order valence-corrected chi connectivity index (χ2v) is 4.78. The Labute approximate surface area is 109 Å². The fraction of sp³-hybridized carbons (Fsp3) is 0.533. The van der Waals surface area contributed by atoms with Crippen LogP contribution in [0.2, 0.25) is 0 Å². The summed E-state index contributed by atoms with van der Waals surface area (Å²) in [6.45, 7) is 3.05. The van der Waals surface area contributed by atoms with Crippen molar-refractivity contribution in [2.24, 2.45) is 0 Å². The summed E-state index contributed by atoms with van der Waals surface area (Å²) in [5.74, 6) is 0.946. The quantitative estimate of drug-likeness (QED) is 0.821. The minimum absolute atomic E-state index is 0.157. The molecular formula is C15H21NO2. The van der Waals surface area contributed by atoms with Gasteiger partial charge in [-0.15, -0.1) is 0 Å². The Morgan fingerprint density at radius 3 is 2.67 bits per heavy atom. The summed E-state index contributed by atoms with van der Waals surface area (Å²) in [7, 11) is 1.63. The standard InChI is InChI=1S/C15H21NO2/c1-3-13-6-4-5-11-16(13)15(17)12-7-9-14(18-2)10-8-12/h7-10,13H,3-6,11H2,1-2H3. The number of rotatable bonds is 3. The molecule has 1 saturated heterocycles. The number of likely N-dealkylation sites (tertiary alicyclic amines) is 1. The Morgan fingerprint density at radius 1 is 1.33 bits per heavy atom. The lowest BCUT2D eigenvalue weighted by molar-refractivity contribution is 0.0608. The van der Waals surface area contributed by atoms with Gasteiger partial charge in [0.15, 0.2) is 0 Å². The van der Waals surface area contributed by atoms with Gasteiger partial charge in [-0.1, -0.05) is 6.92 Å². The third-order valence-electron chi connectivity index (χ3n) is 3.70. The van der Waals surface area contributed by atoms with Crippen molar-refractivity contribution >= 4 is 5.91 Å². The predicted octanol–water partition coefficient (Wildman–Crippen LogP) is 3.10. The van der Waals surface area contributed by atoms with Crippen LogP contribution in [0.3, 0.4) is 0 Å². The molecule has 1 fully saturated rings. The number of amides is 1. The molecule has 1 aliphatic heterocycles. The van der Waals surface area contributed by atoms with Crippen molar-refractivity contribution in [1.29, 1.82) is 0 Å². The van der Waals surface area contributed by atoms with Gasteiger partial charge in [0.2, 0.25) is 0 Å². The van der Waals surface area contributed by atoms with E-state index < -0.39 is 0 Å². The Kier molecular flexibility index (Phi) is 4.24. The maximum atomic E-state index is 12.5. The number of ether oxygens (including phenoxy) is 1. The van der Waals surface area contributed by atoms with E-state index in [1.807, 2.05) is 29.2 Å². The lowest BCUT2D eigenvalue weighted by Gasteiger charge is -2.35. The Bertz CT molecular complexity index is 399. The van der Waals surface area contributed by atoms with E-state index in [0.29, 0.717) is 6.04 Å². The first-order chi connectivity index (χ1) is 8.76. The minimum Gasteiger partial charge on any atom is -0.497 e. The van der Waals surface area contributed by atoms with Crippen molar-refractivity contribution in [1.82, 2.24) is 4.90 Å². The molecule has 98 valence electrons. The van der Waals surface area contributed by atoms with E-state index in [1.165, 1.54) is 6.42 Å². The van der Waals surface area contributed by atoms with Gasteiger partial charge in [0.05, 0.1) is 7.11 Å². The summed E-state index contributed by atoms with van der Waals surface area (Å²) in [5.41, 5.74) is 0.760. The molecule has 1 unspecified atom stereocenters. The summed E-state index contributed by atoms with van der Waals surface area (Å²) in [6, 6.07) is 7.80. The zero-order valence-corrected chi connectivity index (χ0v) is 11.2.